The summed E-state index contributed by atoms with van der Waals surface area (Å²) in [5, 5.41) is 9.05. The van der Waals surface area contributed by atoms with Crippen LogP contribution >= 0.6 is 15.9 Å². The van der Waals surface area contributed by atoms with E-state index in [2.05, 4.69) is 15.9 Å². The summed E-state index contributed by atoms with van der Waals surface area (Å²) in [4.78, 5) is 36.5. The van der Waals surface area contributed by atoms with Gasteiger partial charge >= 0.3 is 5.97 Å². The summed E-state index contributed by atoms with van der Waals surface area (Å²) in [6.07, 6.45) is 1.89. The molecule has 1 aliphatic heterocycles. The number of carbonyl (C=O) groups excluding carboxylic acids is 2. The first kappa shape index (κ1) is 14.3. The molecule has 1 aromatic carbocycles. The molecule has 5 nitrogen and oxygen atoms in total. The average molecular weight is 352 g/mol. The Morgan fingerprint density at radius 2 is 1.76 bits per heavy atom. The molecule has 0 bridgehead atoms. The second-order valence-corrected chi connectivity index (χ2v) is 6.48. The lowest BCUT2D eigenvalue weighted by Gasteiger charge is -2.22. The fourth-order valence-corrected chi connectivity index (χ4v) is 3.71. The summed E-state index contributed by atoms with van der Waals surface area (Å²) in [7, 11) is 0. The van der Waals surface area contributed by atoms with Crippen LogP contribution in [0.1, 0.15) is 40.0 Å². The molecule has 1 aliphatic carbocycles. The Hall–Kier alpha value is -1.69. The van der Waals surface area contributed by atoms with Crippen LogP contribution in [0.3, 0.4) is 0 Å². The van der Waals surface area contributed by atoms with Gasteiger partial charge in [0, 0.05) is 6.04 Å². The third-order valence-corrected chi connectivity index (χ3v) is 5.43. The van der Waals surface area contributed by atoms with Gasteiger partial charge in [0.15, 0.2) is 0 Å². The summed E-state index contributed by atoms with van der Waals surface area (Å²) in [5.74, 6) is -1.48. The summed E-state index contributed by atoms with van der Waals surface area (Å²) >= 11 is 3.18. The topological polar surface area (TPSA) is 74.7 Å². The molecule has 2 amide bonds. The van der Waals surface area contributed by atoms with Gasteiger partial charge in [-0.3, -0.25) is 19.3 Å². The number of aliphatic carboxylic acids is 1. The average Bonchev–Trinajstić information content (AvgIpc) is 3.03. The zero-order valence-corrected chi connectivity index (χ0v) is 12.7. The van der Waals surface area contributed by atoms with Crippen molar-refractivity contribution in [3.8, 4) is 0 Å². The number of hydrogen-bond acceptors (Lipinski definition) is 3. The van der Waals surface area contributed by atoms with Gasteiger partial charge in [-0.05, 0) is 37.3 Å². The lowest BCUT2D eigenvalue weighted by atomic mass is 10.0. The highest BCUT2D eigenvalue weighted by molar-refractivity contribution is 9.10. The van der Waals surface area contributed by atoms with Gasteiger partial charge in [-0.15, -0.1) is 0 Å². The summed E-state index contributed by atoms with van der Waals surface area (Å²) < 4.78 is 0. The predicted molar refractivity (Wildman–Crippen MR) is 78.4 cm³/mol. The number of nitrogens with zero attached hydrogens (tertiary/aromatic N) is 1. The molecule has 1 heterocycles. The van der Waals surface area contributed by atoms with E-state index in [4.69, 9.17) is 5.11 Å². The van der Waals surface area contributed by atoms with Crippen LogP contribution in [0.15, 0.2) is 24.3 Å². The van der Waals surface area contributed by atoms with E-state index in [0.717, 1.165) is 0 Å². The normalized spacial score (nSPS) is 26.0. The van der Waals surface area contributed by atoms with Crippen molar-refractivity contribution in [3.05, 3.63) is 35.4 Å². The summed E-state index contributed by atoms with van der Waals surface area (Å²) in [6, 6.07) is 6.59. The van der Waals surface area contributed by atoms with E-state index in [1.54, 1.807) is 24.3 Å². The third-order valence-electron chi connectivity index (χ3n) is 4.29. The Kier molecular flexibility index (Phi) is 3.57. The molecule has 0 aromatic heterocycles. The number of carboxylic acid groups (broad SMARTS) is 1. The fraction of sp³-hybridized carbons (Fsp3) is 0.400. The van der Waals surface area contributed by atoms with Crippen LogP contribution < -0.4 is 0 Å². The Labute approximate surface area is 130 Å². The number of rotatable bonds is 3. The molecule has 3 atom stereocenters. The second kappa shape index (κ2) is 5.26. The quantitative estimate of drug-likeness (QED) is 0.669. The molecule has 1 aromatic rings. The van der Waals surface area contributed by atoms with E-state index in [-0.39, 0.29) is 23.8 Å². The van der Waals surface area contributed by atoms with E-state index in [1.165, 1.54) is 4.90 Å². The molecule has 0 radical (unpaired) electrons. The van der Waals surface area contributed by atoms with Gasteiger partial charge in [0.25, 0.3) is 11.8 Å². The Balaban J connectivity index is 1.80. The number of hydrogen-bond donors (Lipinski definition) is 1. The lowest BCUT2D eigenvalue weighted by Crippen LogP contribution is -2.38. The number of carbonyl (C=O) groups is 3. The van der Waals surface area contributed by atoms with Crippen LogP contribution in [0.5, 0.6) is 0 Å². The van der Waals surface area contributed by atoms with Crippen molar-refractivity contribution in [3.63, 3.8) is 0 Å². The number of alkyl halides is 1. The van der Waals surface area contributed by atoms with Crippen LogP contribution in [0.2, 0.25) is 0 Å². The van der Waals surface area contributed by atoms with Gasteiger partial charge in [0.05, 0.1) is 11.1 Å². The van der Waals surface area contributed by atoms with Crippen molar-refractivity contribution in [1.82, 2.24) is 4.90 Å². The van der Waals surface area contributed by atoms with Crippen molar-refractivity contribution >= 4 is 33.7 Å². The van der Waals surface area contributed by atoms with Crippen molar-refractivity contribution < 1.29 is 19.5 Å². The van der Waals surface area contributed by atoms with Gasteiger partial charge in [0.2, 0.25) is 0 Å². The van der Waals surface area contributed by atoms with Gasteiger partial charge in [-0.25, -0.2) is 0 Å². The minimum absolute atomic E-state index is 0.0585. The lowest BCUT2D eigenvalue weighted by molar-refractivity contribution is -0.137. The Morgan fingerprint density at radius 1 is 1.19 bits per heavy atom. The number of amides is 2. The van der Waals surface area contributed by atoms with E-state index in [1.807, 2.05) is 0 Å². The molecule has 3 rings (SSSR count). The highest BCUT2D eigenvalue weighted by atomic mass is 79.9. The van der Waals surface area contributed by atoms with Crippen LogP contribution in [-0.2, 0) is 4.79 Å². The van der Waals surface area contributed by atoms with Crippen LogP contribution in [0.25, 0.3) is 0 Å². The number of benzene rings is 1. The minimum atomic E-state index is -0.900. The van der Waals surface area contributed by atoms with E-state index in [9.17, 15) is 14.4 Å². The highest BCUT2D eigenvalue weighted by Crippen LogP contribution is 2.37. The first-order valence-corrected chi connectivity index (χ1v) is 7.76. The van der Waals surface area contributed by atoms with Gasteiger partial charge in [-0.1, -0.05) is 28.1 Å². The van der Waals surface area contributed by atoms with E-state index >= 15 is 0 Å². The molecule has 1 N–H and O–H groups in total. The number of fused-ring (bicyclic) bond motifs is 1. The number of imide groups is 1. The second-order valence-electron chi connectivity index (χ2n) is 5.49. The van der Waals surface area contributed by atoms with Crippen molar-refractivity contribution in [2.45, 2.75) is 30.1 Å². The van der Waals surface area contributed by atoms with E-state index in [0.29, 0.717) is 30.4 Å². The summed E-state index contributed by atoms with van der Waals surface area (Å²) in [5.41, 5.74) is 0.888. The maximum Gasteiger partial charge on any atom is 0.317 e. The van der Waals surface area contributed by atoms with E-state index < -0.39 is 10.8 Å². The monoisotopic (exact) mass is 351 g/mol. The van der Waals surface area contributed by atoms with Crippen LogP contribution in [0, 0.1) is 5.92 Å². The molecule has 2 aliphatic rings. The first-order valence-electron chi connectivity index (χ1n) is 6.84. The molecule has 0 saturated heterocycles. The molecule has 1 saturated carbocycles. The Bertz CT molecular complexity index is 595. The molecule has 21 heavy (non-hydrogen) atoms. The molecule has 0 spiro atoms. The highest BCUT2D eigenvalue weighted by Gasteiger charge is 2.44. The minimum Gasteiger partial charge on any atom is -0.480 e. The maximum absolute atomic E-state index is 12.4. The molecular formula is C15H14BrNO4. The largest absolute Gasteiger partial charge is 0.480 e. The maximum atomic E-state index is 12.4. The van der Waals surface area contributed by atoms with Crippen molar-refractivity contribution in [2.75, 3.05) is 0 Å². The summed E-state index contributed by atoms with van der Waals surface area (Å²) in [6.45, 7) is 0. The number of halogens is 1. The standard InChI is InChI=1S/C15H14BrNO4/c16-12(15(20)21)8-5-6-9(7-8)17-13(18)10-3-1-2-4-11(10)14(17)19/h1-4,8-9,12H,5-7H2,(H,20,21). The molecule has 110 valence electrons. The van der Waals surface area contributed by atoms with Gasteiger partial charge < -0.3 is 5.11 Å². The van der Waals surface area contributed by atoms with Crippen molar-refractivity contribution in [2.24, 2.45) is 5.92 Å². The molecule has 3 unspecified atom stereocenters. The fourth-order valence-electron chi connectivity index (χ4n) is 3.23. The van der Waals surface area contributed by atoms with Gasteiger partial charge in [0.1, 0.15) is 4.83 Å². The molecule has 6 heteroatoms. The Morgan fingerprint density at radius 3 is 2.29 bits per heavy atom. The zero-order chi connectivity index (χ0) is 15.1. The zero-order valence-electron chi connectivity index (χ0n) is 11.2. The van der Waals surface area contributed by atoms with Crippen LogP contribution in [-0.4, -0.2) is 38.7 Å². The van der Waals surface area contributed by atoms with Crippen molar-refractivity contribution in [1.29, 1.82) is 0 Å². The smallest absolute Gasteiger partial charge is 0.317 e. The predicted octanol–water partition coefficient (Wildman–Crippen LogP) is 2.30. The van der Waals surface area contributed by atoms with Gasteiger partial charge in [-0.2, -0.15) is 0 Å². The first-order chi connectivity index (χ1) is 10.0. The van der Waals surface area contributed by atoms with Crippen LogP contribution in [0.4, 0.5) is 0 Å². The SMILES string of the molecule is O=C(O)C(Br)C1CCC(N2C(=O)c3ccccc3C2=O)C1. The number of carboxylic acids is 1. The third kappa shape index (κ3) is 2.27. The molecule has 1 fully saturated rings. The molecular weight excluding hydrogens is 338 g/mol.